The van der Waals surface area contributed by atoms with Crippen molar-refractivity contribution in [1.29, 1.82) is 0 Å². The van der Waals surface area contributed by atoms with Crippen molar-refractivity contribution >= 4 is 11.9 Å². The van der Waals surface area contributed by atoms with Gasteiger partial charge in [0.2, 0.25) is 0 Å². The monoisotopic (exact) mass is 149 g/mol. The van der Waals surface area contributed by atoms with Crippen molar-refractivity contribution in [2.24, 2.45) is 4.99 Å². The number of hydrogen-bond acceptors (Lipinski definition) is 3. The Balaban J connectivity index is 2.46. The number of nitrogens with zero attached hydrogens (tertiary/aromatic N) is 1. The van der Waals surface area contributed by atoms with E-state index in [1.807, 2.05) is 24.3 Å². The highest BCUT2D eigenvalue weighted by Gasteiger charge is 2.17. The van der Waals surface area contributed by atoms with Crippen LogP contribution in [0.5, 0.6) is 0 Å². The van der Waals surface area contributed by atoms with Crippen LogP contribution >= 0.6 is 0 Å². The van der Waals surface area contributed by atoms with Crippen LogP contribution in [0, 0.1) is 0 Å². The summed E-state index contributed by atoms with van der Waals surface area (Å²) in [6.45, 7) is 0. The molecule has 1 aliphatic heterocycles. The van der Waals surface area contributed by atoms with Crippen LogP contribution in [0.1, 0.15) is 11.7 Å². The first-order chi connectivity index (χ1) is 5.42. The molecule has 0 saturated carbocycles. The van der Waals surface area contributed by atoms with E-state index >= 15 is 0 Å². The Morgan fingerprint density at radius 3 is 3.00 bits per heavy atom. The van der Waals surface area contributed by atoms with Gasteiger partial charge in [-0.2, -0.15) is 0 Å². The van der Waals surface area contributed by atoms with E-state index in [2.05, 4.69) is 9.88 Å². The molecule has 1 aromatic carbocycles. The van der Waals surface area contributed by atoms with E-state index in [1.54, 1.807) is 6.21 Å². The minimum absolute atomic E-state index is 0.383. The molecule has 0 bridgehead atoms. The molecule has 0 saturated heterocycles. The average Bonchev–Trinajstić information content (AvgIpc) is 2.47. The summed E-state index contributed by atoms with van der Waals surface area (Å²) >= 11 is 0. The minimum Gasteiger partial charge on any atom is -0.258 e. The molecule has 0 fully saturated rings. The molecule has 1 unspecified atom stereocenters. The van der Waals surface area contributed by atoms with E-state index in [9.17, 15) is 0 Å². The van der Waals surface area contributed by atoms with Crippen molar-refractivity contribution < 1.29 is 10.1 Å². The van der Waals surface area contributed by atoms with Crippen molar-refractivity contribution in [2.45, 2.75) is 6.10 Å². The zero-order chi connectivity index (χ0) is 7.68. The largest absolute Gasteiger partial charge is 0.258 e. The van der Waals surface area contributed by atoms with E-state index in [0.717, 1.165) is 11.3 Å². The number of fused-ring (bicyclic) bond motifs is 1. The Labute approximate surface area is 63.9 Å². The molecule has 0 aliphatic carbocycles. The lowest BCUT2D eigenvalue weighted by Gasteiger charge is -2.02. The lowest BCUT2D eigenvalue weighted by molar-refractivity contribution is -0.261. The van der Waals surface area contributed by atoms with Gasteiger partial charge in [0.15, 0.2) is 6.10 Å². The van der Waals surface area contributed by atoms with Gasteiger partial charge in [-0.3, -0.25) is 10.2 Å². The van der Waals surface area contributed by atoms with Gasteiger partial charge in [0.1, 0.15) is 0 Å². The molecule has 1 heterocycles. The molecular formula is C8H7NO2. The van der Waals surface area contributed by atoms with Crippen molar-refractivity contribution in [2.75, 3.05) is 0 Å². The van der Waals surface area contributed by atoms with Crippen LogP contribution in [-0.4, -0.2) is 11.5 Å². The van der Waals surface area contributed by atoms with Gasteiger partial charge >= 0.3 is 0 Å². The lowest BCUT2D eigenvalue weighted by Crippen LogP contribution is -1.97. The second-order valence-electron chi connectivity index (χ2n) is 2.36. The molecule has 0 amide bonds. The summed E-state index contributed by atoms with van der Waals surface area (Å²) in [5.74, 6) is 0. The highest BCUT2D eigenvalue weighted by molar-refractivity contribution is 5.78. The Kier molecular flexibility index (Phi) is 1.45. The van der Waals surface area contributed by atoms with Crippen molar-refractivity contribution in [3.05, 3.63) is 29.8 Å². The first-order valence-electron chi connectivity index (χ1n) is 3.35. The summed E-state index contributed by atoms with van der Waals surface area (Å²) in [6, 6.07) is 7.55. The van der Waals surface area contributed by atoms with Gasteiger partial charge in [0.05, 0.1) is 5.69 Å². The Hall–Kier alpha value is -1.19. The molecule has 0 aromatic heterocycles. The number of rotatable bonds is 1. The second-order valence-corrected chi connectivity index (χ2v) is 2.36. The number of para-hydroxylation sites is 1. The van der Waals surface area contributed by atoms with Crippen LogP contribution in [-0.2, 0) is 4.89 Å². The minimum atomic E-state index is -0.383. The molecular weight excluding hydrogens is 142 g/mol. The normalized spacial score (nSPS) is 20.3. The van der Waals surface area contributed by atoms with Crippen LogP contribution in [0.2, 0.25) is 0 Å². The third kappa shape index (κ3) is 0.943. The van der Waals surface area contributed by atoms with Gasteiger partial charge in [-0.25, -0.2) is 4.89 Å². The number of hydrogen-bond donors (Lipinski definition) is 1. The third-order valence-electron chi connectivity index (χ3n) is 1.71. The average molecular weight is 149 g/mol. The van der Waals surface area contributed by atoms with E-state index < -0.39 is 0 Å². The van der Waals surface area contributed by atoms with Crippen LogP contribution in [0.25, 0.3) is 0 Å². The van der Waals surface area contributed by atoms with Crippen LogP contribution < -0.4 is 0 Å². The topological polar surface area (TPSA) is 41.8 Å². The standard InChI is InChI=1S/C8H7NO2/c10-11-8-5-9-7-4-2-1-3-6(7)8/h1-5,8,10H. The van der Waals surface area contributed by atoms with Crippen molar-refractivity contribution in [1.82, 2.24) is 0 Å². The Bertz CT molecular complexity index is 296. The predicted molar refractivity (Wildman–Crippen MR) is 41.0 cm³/mol. The number of aliphatic imine (C=N–C) groups is 1. The summed E-state index contributed by atoms with van der Waals surface area (Å²) in [7, 11) is 0. The fourth-order valence-corrected chi connectivity index (χ4v) is 1.16. The van der Waals surface area contributed by atoms with E-state index in [0.29, 0.717) is 0 Å². The second kappa shape index (κ2) is 2.45. The Morgan fingerprint density at radius 2 is 2.18 bits per heavy atom. The molecule has 0 spiro atoms. The molecule has 2 rings (SSSR count). The first kappa shape index (κ1) is 6.52. The summed E-state index contributed by atoms with van der Waals surface area (Å²) in [5, 5.41) is 8.42. The van der Waals surface area contributed by atoms with Gasteiger partial charge < -0.3 is 0 Å². The summed E-state index contributed by atoms with van der Waals surface area (Å²) < 4.78 is 0. The highest BCUT2D eigenvalue weighted by atomic mass is 17.1. The van der Waals surface area contributed by atoms with E-state index in [-0.39, 0.29) is 6.10 Å². The predicted octanol–water partition coefficient (Wildman–Crippen LogP) is 1.93. The summed E-state index contributed by atoms with van der Waals surface area (Å²) in [6.07, 6.45) is 1.19. The van der Waals surface area contributed by atoms with Crippen LogP contribution in [0.3, 0.4) is 0 Å². The molecule has 1 N–H and O–H groups in total. The maximum Gasteiger partial charge on any atom is 0.155 e. The molecule has 11 heavy (non-hydrogen) atoms. The molecule has 1 aromatic rings. The molecule has 1 atom stereocenters. The zero-order valence-electron chi connectivity index (χ0n) is 5.77. The molecule has 1 aliphatic rings. The smallest absolute Gasteiger partial charge is 0.155 e. The van der Waals surface area contributed by atoms with Crippen LogP contribution in [0.15, 0.2) is 29.3 Å². The molecule has 0 radical (unpaired) electrons. The van der Waals surface area contributed by atoms with Crippen molar-refractivity contribution in [3.8, 4) is 0 Å². The molecule has 3 nitrogen and oxygen atoms in total. The van der Waals surface area contributed by atoms with E-state index in [4.69, 9.17) is 5.26 Å². The molecule has 3 heteroatoms. The quantitative estimate of drug-likeness (QED) is 0.489. The SMILES string of the molecule is OOC1C=Nc2ccccc21. The Morgan fingerprint density at radius 1 is 1.36 bits per heavy atom. The highest BCUT2D eigenvalue weighted by Crippen LogP contribution is 2.31. The van der Waals surface area contributed by atoms with Crippen molar-refractivity contribution in [3.63, 3.8) is 0 Å². The fraction of sp³-hybridized carbons (Fsp3) is 0.125. The zero-order valence-corrected chi connectivity index (χ0v) is 5.77. The third-order valence-corrected chi connectivity index (χ3v) is 1.71. The van der Waals surface area contributed by atoms with Gasteiger partial charge in [-0.05, 0) is 6.07 Å². The summed E-state index contributed by atoms with van der Waals surface area (Å²) in [4.78, 5) is 8.23. The summed E-state index contributed by atoms with van der Waals surface area (Å²) in [5.41, 5.74) is 1.78. The lowest BCUT2D eigenvalue weighted by atomic mass is 10.1. The maximum absolute atomic E-state index is 8.42. The van der Waals surface area contributed by atoms with E-state index in [1.165, 1.54) is 0 Å². The first-order valence-corrected chi connectivity index (χ1v) is 3.35. The molecule has 56 valence electrons. The fourth-order valence-electron chi connectivity index (χ4n) is 1.16. The van der Waals surface area contributed by atoms with Gasteiger partial charge in [0, 0.05) is 11.8 Å². The van der Waals surface area contributed by atoms with Gasteiger partial charge in [0.25, 0.3) is 0 Å². The number of benzene rings is 1. The van der Waals surface area contributed by atoms with Crippen LogP contribution in [0.4, 0.5) is 5.69 Å². The van der Waals surface area contributed by atoms with Gasteiger partial charge in [-0.1, -0.05) is 18.2 Å². The maximum atomic E-state index is 8.42. The van der Waals surface area contributed by atoms with Gasteiger partial charge in [-0.15, -0.1) is 0 Å².